The van der Waals surface area contributed by atoms with Crippen molar-refractivity contribution < 1.29 is 4.74 Å². The van der Waals surface area contributed by atoms with Gasteiger partial charge in [0.2, 0.25) is 5.95 Å². The van der Waals surface area contributed by atoms with E-state index < -0.39 is 0 Å². The molecular weight excluding hydrogens is 258 g/mol. The van der Waals surface area contributed by atoms with Crippen LogP contribution in [0.5, 0.6) is 5.75 Å². The molecule has 0 aliphatic carbocycles. The van der Waals surface area contributed by atoms with Crippen LogP contribution in [-0.4, -0.2) is 17.1 Å². The summed E-state index contributed by atoms with van der Waals surface area (Å²) in [4.78, 5) is 8.85. The third-order valence-electron chi connectivity index (χ3n) is 1.97. The van der Waals surface area contributed by atoms with Crippen LogP contribution >= 0.6 is 23.4 Å². The van der Waals surface area contributed by atoms with Crippen LogP contribution < -0.4 is 10.5 Å². The van der Waals surface area contributed by atoms with Crippen molar-refractivity contribution in [3.63, 3.8) is 0 Å². The van der Waals surface area contributed by atoms with Crippen molar-refractivity contribution in [3.8, 4) is 5.75 Å². The molecule has 1 aromatic heterocycles. The lowest BCUT2D eigenvalue weighted by atomic mass is 10.3. The van der Waals surface area contributed by atoms with E-state index >= 15 is 0 Å². The highest BCUT2D eigenvalue weighted by Crippen LogP contribution is 2.34. The summed E-state index contributed by atoms with van der Waals surface area (Å²) in [7, 11) is 1.63. The molecule has 0 unspecified atom stereocenters. The van der Waals surface area contributed by atoms with Gasteiger partial charge in [0.25, 0.3) is 0 Å². The molecule has 0 aliphatic rings. The monoisotopic (exact) mass is 267 g/mol. The summed E-state index contributed by atoms with van der Waals surface area (Å²) in [5.41, 5.74) is 5.53. The standard InChI is InChI=1S/C11H10ClN3OS/c1-16-7-4-2-3-5-8(7)17-10-6-9(12)14-11(13)15-10/h2-6H,1H3,(H2,13,14,15). The Bertz CT molecular complexity index is 516. The number of methoxy groups -OCH3 is 1. The fraction of sp³-hybridized carbons (Fsp3) is 0.0909. The number of ether oxygens (including phenoxy) is 1. The van der Waals surface area contributed by atoms with Gasteiger partial charge < -0.3 is 10.5 Å². The summed E-state index contributed by atoms with van der Waals surface area (Å²) in [6.45, 7) is 0. The van der Waals surface area contributed by atoms with Crippen molar-refractivity contribution in [2.75, 3.05) is 12.8 Å². The molecule has 2 N–H and O–H groups in total. The van der Waals surface area contributed by atoms with Crippen LogP contribution in [-0.2, 0) is 0 Å². The zero-order valence-corrected chi connectivity index (χ0v) is 10.6. The van der Waals surface area contributed by atoms with Crippen LogP contribution in [0.15, 0.2) is 40.3 Å². The first-order valence-electron chi connectivity index (χ1n) is 4.80. The molecule has 0 bridgehead atoms. The van der Waals surface area contributed by atoms with Gasteiger partial charge in [-0.25, -0.2) is 9.97 Å². The highest BCUT2D eigenvalue weighted by atomic mass is 35.5. The Balaban J connectivity index is 2.31. The van der Waals surface area contributed by atoms with Crippen molar-refractivity contribution >= 4 is 29.3 Å². The second-order valence-electron chi connectivity index (χ2n) is 3.14. The van der Waals surface area contributed by atoms with Gasteiger partial charge in [-0.1, -0.05) is 35.5 Å². The summed E-state index contributed by atoms with van der Waals surface area (Å²) in [6, 6.07) is 9.32. The number of nitrogens with two attached hydrogens (primary N) is 1. The summed E-state index contributed by atoms with van der Waals surface area (Å²) in [5.74, 6) is 0.945. The lowest BCUT2D eigenvalue weighted by Crippen LogP contribution is -1.95. The molecule has 0 fully saturated rings. The Morgan fingerprint density at radius 3 is 2.76 bits per heavy atom. The van der Waals surface area contributed by atoms with Gasteiger partial charge >= 0.3 is 0 Å². The van der Waals surface area contributed by atoms with E-state index in [-0.39, 0.29) is 5.95 Å². The molecule has 0 aliphatic heterocycles. The Morgan fingerprint density at radius 2 is 2.06 bits per heavy atom. The van der Waals surface area contributed by atoms with Gasteiger partial charge in [-0.15, -0.1) is 0 Å². The fourth-order valence-corrected chi connectivity index (χ4v) is 2.47. The first-order chi connectivity index (χ1) is 8.19. The molecule has 88 valence electrons. The molecule has 4 nitrogen and oxygen atoms in total. The number of benzene rings is 1. The van der Waals surface area contributed by atoms with Crippen LogP contribution in [0.25, 0.3) is 0 Å². The number of halogens is 1. The molecule has 2 rings (SSSR count). The second kappa shape index (κ2) is 5.25. The van der Waals surface area contributed by atoms with E-state index in [1.807, 2.05) is 24.3 Å². The highest BCUT2D eigenvalue weighted by Gasteiger charge is 2.07. The Kier molecular flexibility index (Phi) is 3.71. The predicted molar refractivity (Wildman–Crippen MR) is 68.6 cm³/mol. The molecule has 0 saturated carbocycles. The van der Waals surface area contributed by atoms with Gasteiger partial charge in [-0.2, -0.15) is 0 Å². The quantitative estimate of drug-likeness (QED) is 0.867. The molecule has 0 radical (unpaired) electrons. The third-order valence-corrected chi connectivity index (χ3v) is 3.14. The minimum Gasteiger partial charge on any atom is -0.496 e. The minimum atomic E-state index is 0.162. The van der Waals surface area contributed by atoms with Crippen LogP contribution in [0.3, 0.4) is 0 Å². The maximum atomic E-state index is 5.81. The van der Waals surface area contributed by atoms with Gasteiger partial charge in [-0.05, 0) is 12.1 Å². The van der Waals surface area contributed by atoms with Gasteiger partial charge in [0.15, 0.2) is 0 Å². The van der Waals surface area contributed by atoms with E-state index in [4.69, 9.17) is 22.1 Å². The van der Waals surface area contributed by atoms with Gasteiger partial charge in [0, 0.05) is 6.07 Å². The first kappa shape index (κ1) is 12.0. The number of nitrogens with zero attached hydrogens (tertiary/aromatic N) is 2. The molecule has 1 heterocycles. The molecule has 2 aromatic rings. The number of hydrogen-bond acceptors (Lipinski definition) is 5. The van der Waals surface area contributed by atoms with Gasteiger partial charge in [0.05, 0.1) is 12.0 Å². The Morgan fingerprint density at radius 1 is 1.29 bits per heavy atom. The smallest absolute Gasteiger partial charge is 0.222 e. The van der Waals surface area contributed by atoms with Crippen molar-refractivity contribution in [3.05, 3.63) is 35.5 Å². The predicted octanol–water partition coefficient (Wildman–Crippen LogP) is 2.87. The molecule has 17 heavy (non-hydrogen) atoms. The first-order valence-corrected chi connectivity index (χ1v) is 5.99. The average molecular weight is 268 g/mol. The lowest BCUT2D eigenvalue weighted by molar-refractivity contribution is 0.405. The van der Waals surface area contributed by atoms with E-state index in [0.717, 1.165) is 10.6 Å². The van der Waals surface area contributed by atoms with E-state index in [1.54, 1.807) is 13.2 Å². The Hall–Kier alpha value is -1.46. The molecule has 0 spiro atoms. The van der Waals surface area contributed by atoms with Crippen LogP contribution in [0.4, 0.5) is 5.95 Å². The molecule has 0 atom stereocenters. The zero-order valence-electron chi connectivity index (χ0n) is 9.05. The summed E-state index contributed by atoms with van der Waals surface area (Å²) >= 11 is 7.24. The van der Waals surface area contributed by atoms with E-state index in [0.29, 0.717) is 10.2 Å². The molecule has 0 saturated heterocycles. The number of rotatable bonds is 3. The number of aromatic nitrogens is 2. The Labute approximate surface area is 108 Å². The number of hydrogen-bond donors (Lipinski definition) is 1. The maximum Gasteiger partial charge on any atom is 0.222 e. The molecular formula is C11H10ClN3OS. The van der Waals surface area contributed by atoms with Crippen LogP contribution in [0, 0.1) is 0 Å². The number of anilines is 1. The molecule has 6 heteroatoms. The molecule has 0 amide bonds. The van der Waals surface area contributed by atoms with Crippen molar-refractivity contribution in [2.45, 2.75) is 9.92 Å². The van der Waals surface area contributed by atoms with Gasteiger partial charge in [0.1, 0.15) is 15.9 Å². The average Bonchev–Trinajstić information content (AvgIpc) is 2.28. The second-order valence-corrected chi connectivity index (χ2v) is 4.59. The van der Waals surface area contributed by atoms with Crippen molar-refractivity contribution in [1.29, 1.82) is 0 Å². The third kappa shape index (κ3) is 3.01. The normalized spacial score (nSPS) is 10.2. The van der Waals surface area contributed by atoms with E-state index in [9.17, 15) is 0 Å². The fourth-order valence-electron chi connectivity index (χ4n) is 1.28. The maximum absolute atomic E-state index is 5.81. The van der Waals surface area contributed by atoms with E-state index in [1.165, 1.54) is 11.8 Å². The van der Waals surface area contributed by atoms with E-state index in [2.05, 4.69) is 9.97 Å². The van der Waals surface area contributed by atoms with Crippen molar-refractivity contribution in [1.82, 2.24) is 9.97 Å². The summed E-state index contributed by atoms with van der Waals surface area (Å²) in [5, 5.41) is 1.02. The minimum absolute atomic E-state index is 0.162. The topological polar surface area (TPSA) is 61.0 Å². The zero-order chi connectivity index (χ0) is 12.3. The van der Waals surface area contributed by atoms with Crippen LogP contribution in [0.1, 0.15) is 0 Å². The van der Waals surface area contributed by atoms with Crippen molar-refractivity contribution in [2.24, 2.45) is 0 Å². The lowest BCUT2D eigenvalue weighted by Gasteiger charge is -2.07. The molecule has 1 aromatic carbocycles. The van der Waals surface area contributed by atoms with Gasteiger partial charge in [-0.3, -0.25) is 0 Å². The summed E-state index contributed by atoms with van der Waals surface area (Å²) in [6.07, 6.45) is 0. The number of para-hydroxylation sites is 1. The highest BCUT2D eigenvalue weighted by molar-refractivity contribution is 7.99. The number of nitrogen functional groups attached to an aromatic ring is 1. The summed E-state index contributed by atoms with van der Waals surface area (Å²) < 4.78 is 5.25. The van der Waals surface area contributed by atoms with Crippen LogP contribution in [0.2, 0.25) is 5.15 Å². The largest absolute Gasteiger partial charge is 0.496 e. The SMILES string of the molecule is COc1ccccc1Sc1cc(Cl)nc(N)n1.